The standard InChI is InChI=1S/C11H16Cl2N4O2S/c1-14-11(15-2)16-6-7-17-20(18,19)9-5-3-4-8(12)10(9)13/h3-5,17H,6-7H2,1-2H3,(H2,14,15,16). The first-order chi connectivity index (χ1) is 9.42. The van der Waals surface area contributed by atoms with Gasteiger partial charge in [0.15, 0.2) is 5.96 Å². The fourth-order valence-corrected chi connectivity index (χ4v) is 3.21. The first kappa shape index (κ1) is 17.0. The molecule has 112 valence electrons. The second kappa shape index (κ2) is 7.68. The molecule has 3 N–H and O–H groups in total. The molecule has 0 radical (unpaired) electrons. The number of nitrogens with zero attached hydrogens (tertiary/aromatic N) is 1. The third kappa shape index (κ3) is 4.52. The van der Waals surface area contributed by atoms with Crippen LogP contribution in [0.2, 0.25) is 10.0 Å². The lowest BCUT2D eigenvalue weighted by atomic mass is 10.4. The number of sulfonamides is 1. The van der Waals surface area contributed by atoms with E-state index in [1.54, 1.807) is 14.1 Å². The average Bonchev–Trinajstić information content (AvgIpc) is 2.42. The zero-order valence-corrected chi connectivity index (χ0v) is 13.4. The summed E-state index contributed by atoms with van der Waals surface area (Å²) >= 11 is 11.7. The van der Waals surface area contributed by atoms with Crippen molar-refractivity contribution < 1.29 is 8.42 Å². The molecule has 1 rings (SSSR count). The van der Waals surface area contributed by atoms with Gasteiger partial charge in [0, 0.05) is 27.2 Å². The molecule has 0 unspecified atom stereocenters. The average molecular weight is 339 g/mol. The summed E-state index contributed by atoms with van der Waals surface area (Å²) in [5, 5.41) is 5.95. The molecule has 0 spiro atoms. The maximum Gasteiger partial charge on any atom is 0.242 e. The maximum atomic E-state index is 12.1. The van der Waals surface area contributed by atoms with Gasteiger partial charge in [-0.1, -0.05) is 29.3 Å². The summed E-state index contributed by atoms with van der Waals surface area (Å²) in [4.78, 5) is 3.87. The van der Waals surface area contributed by atoms with Crippen LogP contribution in [0.1, 0.15) is 0 Å². The first-order valence-corrected chi connectivity index (χ1v) is 7.98. The van der Waals surface area contributed by atoms with Gasteiger partial charge >= 0.3 is 0 Å². The smallest absolute Gasteiger partial charge is 0.242 e. The highest BCUT2D eigenvalue weighted by Crippen LogP contribution is 2.28. The van der Waals surface area contributed by atoms with Gasteiger partial charge in [0.25, 0.3) is 0 Å². The van der Waals surface area contributed by atoms with Crippen LogP contribution in [0.3, 0.4) is 0 Å². The summed E-state index contributed by atoms with van der Waals surface area (Å²) in [6, 6.07) is 4.46. The van der Waals surface area contributed by atoms with E-state index >= 15 is 0 Å². The third-order valence-corrected chi connectivity index (χ3v) is 4.81. The van der Waals surface area contributed by atoms with Crippen LogP contribution < -0.4 is 15.4 Å². The Morgan fingerprint density at radius 1 is 1.30 bits per heavy atom. The quantitative estimate of drug-likeness (QED) is 0.426. The van der Waals surface area contributed by atoms with E-state index in [2.05, 4.69) is 20.3 Å². The molecule has 0 bridgehead atoms. The number of hydrogen-bond donors (Lipinski definition) is 3. The Balaban J connectivity index is 2.65. The fourth-order valence-electron chi connectivity index (χ4n) is 1.41. The van der Waals surface area contributed by atoms with Crippen LogP contribution in [-0.4, -0.2) is 41.6 Å². The van der Waals surface area contributed by atoms with Crippen molar-refractivity contribution >= 4 is 39.2 Å². The predicted octanol–water partition coefficient (Wildman–Crippen LogP) is 1.07. The van der Waals surface area contributed by atoms with Crippen LogP contribution in [0.15, 0.2) is 28.1 Å². The predicted molar refractivity (Wildman–Crippen MR) is 82.1 cm³/mol. The Kier molecular flexibility index (Phi) is 6.54. The van der Waals surface area contributed by atoms with Gasteiger partial charge in [0.1, 0.15) is 4.90 Å². The molecule has 0 amide bonds. The number of halogens is 2. The molecule has 0 heterocycles. The molecule has 20 heavy (non-hydrogen) atoms. The van der Waals surface area contributed by atoms with Gasteiger partial charge in [-0.15, -0.1) is 0 Å². The van der Waals surface area contributed by atoms with E-state index in [4.69, 9.17) is 23.2 Å². The number of aliphatic imine (C=N–C) groups is 1. The lowest BCUT2D eigenvalue weighted by Gasteiger charge is -2.11. The lowest BCUT2D eigenvalue weighted by Crippen LogP contribution is -2.39. The molecule has 0 saturated carbocycles. The van der Waals surface area contributed by atoms with Crippen LogP contribution in [0, 0.1) is 0 Å². The molecule has 0 aliphatic carbocycles. The minimum absolute atomic E-state index is 0.0145. The summed E-state index contributed by atoms with van der Waals surface area (Å²) in [6.07, 6.45) is 0. The number of hydrogen-bond acceptors (Lipinski definition) is 3. The first-order valence-electron chi connectivity index (χ1n) is 5.74. The minimum atomic E-state index is -3.69. The number of nitrogens with one attached hydrogen (secondary N) is 3. The van der Waals surface area contributed by atoms with Crippen LogP contribution in [0.4, 0.5) is 0 Å². The summed E-state index contributed by atoms with van der Waals surface area (Å²) < 4.78 is 26.6. The van der Waals surface area contributed by atoms with Gasteiger partial charge in [-0.25, -0.2) is 13.1 Å². The SMILES string of the molecule is CN=C(NC)NCCNS(=O)(=O)c1cccc(Cl)c1Cl. The van der Waals surface area contributed by atoms with Gasteiger partial charge in [0.2, 0.25) is 10.0 Å². The molecular weight excluding hydrogens is 323 g/mol. The van der Waals surface area contributed by atoms with Crippen LogP contribution in [0.25, 0.3) is 0 Å². The molecule has 9 heteroatoms. The van der Waals surface area contributed by atoms with Crippen LogP contribution in [0.5, 0.6) is 0 Å². The zero-order valence-electron chi connectivity index (χ0n) is 11.1. The Morgan fingerprint density at radius 2 is 2.00 bits per heavy atom. The topological polar surface area (TPSA) is 82.6 Å². The molecule has 0 aliphatic rings. The Hall–Kier alpha value is -1.02. The molecule has 0 aromatic heterocycles. The summed E-state index contributed by atoms with van der Waals surface area (Å²) in [5.41, 5.74) is 0. The monoisotopic (exact) mass is 338 g/mol. The van der Waals surface area contributed by atoms with Crippen molar-refractivity contribution in [3.05, 3.63) is 28.2 Å². The Morgan fingerprint density at radius 3 is 2.60 bits per heavy atom. The van der Waals surface area contributed by atoms with Crippen molar-refractivity contribution in [2.75, 3.05) is 27.2 Å². The molecule has 1 aromatic rings. The molecule has 0 fully saturated rings. The van der Waals surface area contributed by atoms with E-state index < -0.39 is 10.0 Å². The van der Waals surface area contributed by atoms with Gasteiger partial charge in [-0.3, -0.25) is 4.99 Å². The van der Waals surface area contributed by atoms with E-state index in [0.29, 0.717) is 12.5 Å². The van der Waals surface area contributed by atoms with Crippen LogP contribution >= 0.6 is 23.2 Å². The highest BCUT2D eigenvalue weighted by atomic mass is 35.5. The van der Waals surface area contributed by atoms with Gasteiger partial charge < -0.3 is 10.6 Å². The molecule has 0 aliphatic heterocycles. The lowest BCUT2D eigenvalue weighted by molar-refractivity contribution is 0.580. The number of rotatable bonds is 5. The maximum absolute atomic E-state index is 12.1. The Bertz CT molecular complexity index is 590. The molecule has 0 saturated heterocycles. The largest absolute Gasteiger partial charge is 0.359 e. The van der Waals surface area contributed by atoms with E-state index in [1.807, 2.05) is 0 Å². The number of guanidine groups is 1. The van der Waals surface area contributed by atoms with Crippen molar-refractivity contribution in [2.24, 2.45) is 4.99 Å². The summed E-state index contributed by atoms with van der Waals surface area (Å²) in [7, 11) is -0.358. The van der Waals surface area contributed by atoms with E-state index in [1.165, 1.54) is 18.2 Å². The van der Waals surface area contributed by atoms with E-state index in [-0.39, 0.29) is 21.5 Å². The van der Waals surface area contributed by atoms with Crippen LogP contribution in [-0.2, 0) is 10.0 Å². The Labute approximate surface area is 128 Å². The second-order valence-corrected chi connectivity index (χ2v) is 6.22. The van der Waals surface area contributed by atoms with Gasteiger partial charge in [-0.05, 0) is 12.1 Å². The van der Waals surface area contributed by atoms with Crippen molar-refractivity contribution in [1.29, 1.82) is 0 Å². The summed E-state index contributed by atoms with van der Waals surface area (Å²) in [5.74, 6) is 0.574. The molecule has 1 aromatic carbocycles. The van der Waals surface area contributed by atoms with Gasteiger partial charge in [-0.2, -0.15) is 0 Å². The molecule has 6 nitrogen and oxygen atoms in total. The number of benzene rings is 1. The van der Waals surface area contributed by atoms with Crippen molar-refractivity contribution in [3.63, 3.8) is 0 Å². The van der Waals surface area contributed by atoms with E-state index in [9.17, 15) is 8.42 Å². The molecule has 0 atom stereocenters. The third-order valence-electron chi connectivity index (χ3n) is 2.38. The molecular formula is C11H16Cl2N4O2S. The van der Waals surface area contributed by atoms with Crippen molar-refractivity contribution in [3.8, 4) is 0 Å². The van der Waals surface area contributed by atoms with Crippen molar-refractivity contribution in [1.82, 2.24) is 15.4 Å². The minimum Gasteiger partial charge on any atom is -0.359 e. The second-order valence-electron chi connectivity index (χ2n) is 3.70. The van der Waals surface area contributed by atoms with Gasteiger partial charge in [0.05, 0.1) is 10.0 Å². The van der Waals surface area contributed by atoms with Crippen molar-refractivity contribution in [2.45, 2.75) is 4.90 Å². The normalized spacial score (nSPS) is 12.3. The highest BCUT2D eigenvalue weighted by molar-refractivity contribution is 7.89. The van der Waals surface area contributed by atoms with E-state index in [0.717, 1.165) is 0 Å². The summed E-state index contributed by atoms with van der Waals surface area (Å²) in [6.45, 7) is 0.566. The highest BCUT2D eigenvalue weighted by Gasteiger charge is 2.18. The zero-order chi connectivity index (χ0) is 15.2. The fraction of sp³-hybridized carbons (Fsp3) is 0.364.